The third-order valence-electron chi connectivity index (χ3n) is 14.4. The molecule has 0 atom stereocenters. The second-order valence-corrected chi connectivity index (χ2v) is 21.1. The number of carbonyl (C=O) groups is 1. The van der Waals surface area contributed by atoms with Crippen molar-refractivity contribution in [3.05, 3.63) is 17.7 Å². The van der Waals surface area contributed by atoms with Gasteiger partial charge in [-0.15, -0.1) is 0 Å². The number of unbranched alkanes of at least 4 members (excludes halogenated alkanes) is 36. The molecule has 2 rings (SSSR count). The maximum atomic E-state index is 13.4. The molecule has 0 bridgehead atoms. The van der Waals surface area contributed by atoms with Crippen LogP contribution in [0.1, 0.15) is 322 Å². The molecule has 6 nitrogen and oxygen atoms in total. The van der Waals surface area contributed by atoms with E-state index >= 15 is 0 Å². The summed E-state index contributed by atoms with van der Waals surface area (Å²) in [4.78, 5) is 13.4. The largest absolute Gasteiger partial charge is 0.493 e. The second kappa shape index (κ2) is 47.9. The van der Waals surface area contributed by atoms with Gasteiger partial charge in [0, 0.05) is 12.1 Å². The van der Waals surface area contributed by atoms with Crippen LogP contribution in [0, 0.1) is 0 Å². The van der Waals surface area contributed by atoms with E-state index in [0.717, 1.165) is 82.6 Å². The van der Waals surface area contributed by atoms with Crippen molar-refractivity contribution in [3.63, 3.8) is 0 Å². The fourth-order valence-corrected chi connectivity index (χ4v) is 9.88. The van der Waals surface area contributed by atoms with E-state index in [4.69, 9.17) is 23.7 Å². The van der Waals surface area contributed by atoms with E-state index in [2.05, 4.69) is 27.7 Å². The van der Waals surface area contributed by atoms with Crippen LogP contribution in [0.25, 0.3) is 6.08 Å². The molecular weight excluding hydrogens is 853 g/mol. The van der Waals surface area contributed by atoms with Crippen molar-refractivity contribution in [1.29, 1.82) is 0 Å². The fraction of sp³-hybridized carbons (Fsp3) is 0.857. The van der Waals surface area contributed by atoms with Crippen LogP contribution in [0.2, 0.25) is 0 Å². The van der Waals surface area contributed by atoms with Gasteiger partial charge in [0.15, 0.2) is 11.5 Å². The van der Waals surface area contributed by atoms with Crippen LogP contribution in [-0.4, -0.2) is 38.5 Å². The van der Waals surface area contributed by atoms with Gasteiger partial charge in [-0.05, 0) is 57.4 Å². The Morgan fingerprint density at radius 3 is 1.06 bits per heavy atom. The van der Waals surface area contributed by atoms with E-state index in [1.54, 1.807) is 6.08 Å². The number of hydrogen-bond acceptors (Lipinski definition) is 6. The van der Waals surface area contributed by atoms with Crippen LogP contribution in [0.3, 0.4) is 0 Å². The number of carbonyl (C=O) groups excluding carboxylic acids is 1. The first-order valence-electron chi connectivity index (χ1n) is 30.7. The molecule has 69 heavy (non-hydrogen) atoms. The molecule has 0 amide bonds. The Balaban J connectivity index is 2.32. The lowest BCUT2D eigenvalue weighted by atomic mass is 9.98. The Bertz CT molecular complexity index is 1300. The summed E-state index contributed by atoms with van der Waals surface area (Å²) in [6.07, 6.45) is 59.9. The van der Waals surface area contributed by atoms with Crippen LogP contribution in [0.15, 0.2) is 12.1 Å². The van der Waals surface area contributed by atoms with E-state index in [1.165, 1.54) is 212 Å². The third kappa shape index (κ3) is 35.4. The van der Waals surface area contributed by atoms with Gasteiger partial charge in [0.25, 0.3) is 0 Å². The lowest BCUT2D eigenvalue weighted by Gasteiger charge is -2.22. The predicted octanol–water partition coefficient (Wildman–Crippen LogP) is 20.8. The zero-order valence-electron chi connectivity index (χ0n) is 46.4. The first-order chi connectivity index (χ1) is 34.1. The van der Waals surface area contributed by atoms with Crippen LogP contribution >= 0.6 is 0 Å². The van der Waals surface area contributed by atoms with Crippen molar-refractivity contribution < 1.29 is 28.5 Å². The van der Waals surface area contributed by atoms with Gasteiger partial charge in [-0.25, -0.2) is 4.79 Å². The molecule has 402 valence electrons. The summed E-state index contributed by atoms with van der Waals surface area (Å²) in [5.41, 5.74) is 0.763. The molecule has 0 heterocycles. The molecule has 1 aromatic carbocycles. The Hall–Kier alpha value is -2.37. The average molecular weight is 968 g/mol. The Morgan fingerprint density at radius 1 is 0.391 bits per heavy atom. The van der Waals surface area contributed by atoms with Crippen LogP contribution < -0.4 is 18.9 Å². The molecule has 0 N–H and O–H groups in total. The molecule has 0 aliphatic heterocycles. The summed E-state index contributed by atoms with van der Waals surface area (Å²) in [7, 11) is 0. The molecule has 0 spiro atoms. The minimum absolute atomic E-state index is 0.00320. The Kier molecular flexibility index (Phi) is 43.6. The van der Waals surface area contributed by atoms with Crippen molar-refractivity contribution in [2.24, 2.45) is 0 Å². The smallest absolute Gasteiger partial charge is 0.331 e. The maximum absolute atomic E-state index is 13.4. The van der Waals surface area contributed by atoms with Gasteiger partial charge in [0.1, 0.15) is 11.9 Å². The summed E-state index contributed by atoms with van der Waals surface area (Å²) < 4.78 is 33.2. The average Bonchev–Trinajstić information content (AvgIpc) is 3.36. The van der Waals surface area contributed by atoms with E-state index in [9.17, 15) is 4.79 Å². The Labute approximate surface area is 428 Å². The highest BCUT2D eigenvalue weighted by Crippen LogP contribution is 2.47. The molecule has 6 heteroatoms. The third-order valence-corrected chi connectivity index (χ3v) is 14.4. The normalized spacial score (nSPS) is 13.1. The first-order valence-corrected chi connectivity index (χ1v) is 30.7. The highest BCUT2D eigenvalue weighted by atomic mass is 16.5. The summed E-state index contributed by atoms with van der Waals surface area (Å²) in [6.45, 7) is 11.6. The zero-order valence-corrected chi connectivity index (χ0v) is 46.4. The number of esters is 1. The minimum atomic E-state index is -0.294. The molecule has 1 fully saturated rings. The van der Waals surface area contributed by atoms with Crippen LogP contribution in [0.4, 0.5) is 0 Å². The van der Waals surface area contributed by atoms with E-state index in [0.29, 0.717) is 49.4 Å². The summed E-state index contributed by atoms with van der Waals surface area (Å²) in [6, 6.07) is 2.04. The van der Waals surface area contributed by atoms with Gasteiger partial charge < -0.3 is 23.7 Å². The topological polar surface area (TPSA) is 63.2 Å². The lowest BCUT2D eigenvalue weighted by Crippen LogP contribution is -2.19. The molecule has 0 unspecified atom stereocenters. The van der Waals surface area contributed by atoms with E-state index in [-0.39, 0.29) is 12.1 Å². The molecule has 0 aromatic heterocycles. The molecule has 1 aliphatic rings. The maximum Gasteiger partial charge on any atom is 0.331 e. The standard InChI is InChI=1S/C63H114O6/c1-5-9-13-17-21-25-29-33-37-44-52-65-59-56-60(66-53-45-38-34-30-26-22-18-14-10-6-2)63(68-55-47-40-36-32-28-24-20-16-12-8-4)62(67-54-46-39-35-31-27-23-19-15-11-7-3)58(59)50-51-61(64)69-57-48-42-41-43-49-57/h50-51,56-57H,5-49,52-55H2,1-4H3. The fourth-order valence-electron chi connectivity index (χ4n) is 9.88. The quantitative estimate of drug-likeness (QED) is 0.0368. The Morgan fingerprint density at radius 2 is 0.696 bits per heavy atom. The monoisotopic (exact) mass is 967 g/mol. The number of benzene rings is 1. The summed E-state index contributed by atoms with van der Waals surface area (Å²) in [5.74, 6) is 2.43. The van der Waals surface area contributed by atoms with Crippen LogP contribution in [0.5, 0.6) is 23.0 Å². The molecule has 1 saturated carbocycles. The molecule has 0 radical (unpaired) electrons. The first kappa shape index (κ1) is 62.7. The van der Waals surface area contributed by atoms with Gasteiger partial charge in [0.2, 0.25) is 5.75 Å². The SMILES string of the molecule is CCCCCCCCCCCCOc1cc(OCCCCCCCCCCCC)c(OCCCCCCCCCCCC)c(OCCCCCCCCCCCC)c1C=CC(=O)OC1CCCCC1. The molecule has 1 aromatic rings. The van der Waals surface area contributed by atoms with Gasteiger partial charge in [-0.2, -0.15) is 0 Å². The predicted molar refractivity (Wildman–Crippen MR) is 298 cm³/mol. The lowest BCUT2D eigenvalue weighted by molar-refractivity contribution is -0.144. The second-order valence-electron chi connectivity index (χ2n) is 21.1. The highest BCUT2D eigenvalue weighted by Gasteiger charge is 2.24. The van der Waals surface area contributed by atoms with Crippen molar-refractivity contribution in [2.75, 3.05) is 26.4 Å². The summed E-state index contributed by atoms with van der Waals surface area (Å²) >= 11 is 0. The molecule has 0 saturated heterocycles. The minimum Gasteiger partial charge on any atom is -0.493 e. The number of hydrogen-bond donors (Lipinski definition) is 0. The van der Waals surface area contributed by atoms with Gasteiger partial charge in [-0.3, -0.25) is 0 Å². The van der Waals surface area contributed by atoms with Gasteiger partial charge in [0.05, 0.1) is 32.0 Å². The molecule has 1 aliphatic carbocycles. The highest BCUT2D eigenvalue weighted by molar-refractivity contribution is 5.89. The van der Waals surface area contributed by atoms with Gasteiger partial charge >= 0.3 is 5.97 Å². The van der Waals surface area contributed by atoms with E-state index in [1.807, 2.05) is 12.1 Å². The number of rotatable bonds is 51. The number of ether oxygens (including phenoxy) is 5. The molecular formula is C63H114O6. The van der Waals surface area contributed by atoms with Gasteiger partial charge in [-0.1, -0.05) is 265 Å². The van der Waals surface area contributed by atoms with Crippen molar-refractivity contribution >= 4 is 12.0 Å². The van der Waals surface area contributed by atoms with E-state index < -0.39 is 0 Å². The van der Waals surface area contributed by atoms with Crippen molar-refractivity contribution in [3.8, 4) is 23.0 Å². The van der Waals surface area contributed by atoms with Crippen LogP contribution in [-0.2, 0) is 9.53 Å². The summed E-state index contributed by atoms with van der Waals surface area (Å²) in [5, 5.41) is 0. The van der Waals surface area contributed by atoms with Crippen molar-refractivity contribution in [2.45, 2.75) is 323 Å². The van der Waals surface area contributed by atoms with Crippen molar-refractivity contribution in [1.82, 2.24) is 0 Å². The zero-order chi connectivity index (χ0) is 49.3.